The van der Waals surface area contributed by atoms with Gasteiger partial charge in [-0.1, -0.05) is 33.1 Å². The van der Waals surface area contributed by atoms with Gasteiger partial charge in [-0.15, -0.1) is 0 Å². The molecule has 18 heavy (non-hydrogen) atoms. The van der Waals surface area contributed by atoms with Crippen molar-refractivity contribution < 1.29 is 9.84 Å². The number of nitrogens with zero attached hydrogens (tertiary/aromatic N) is 1. The van der Waals surface area contributed by atoms with Crippen molar-refractivity contribution >= 4 is 0 Å². The summed E-state index contributed by atoms with van der Waals surface area (Å²) in [5, 5.41) is 9.14. The average molecular weight is 251 g/mol. The van der Waals surface area contributed by atoms with Crippen molar-refractivity contribution in [2.75, 3.05) is 6.61 Å². The van der Waals surface area contributed by atoms with Crippen LogP contribution < -0.4 is 4.74 Å². The van der Waals surface area contributed by atoms with Crippen LogP contribution in [0.3, 0.4) is 0 Å². The Morgan fingerprint density at radius 1 is 1.33 bits per heavy atom. The van der Waals surface area contributed by atoms with Gasteiger partial charge in [0.2, 0.25) is 5.88 Å². The Labute approximate surface area is 110 Å². The van der Waals surface area contributed by atoms with Gasteiger partial charge in [-0.3, -0.25) is 0 Å². The van der Waals surface area contributed by atoms with Crippen molar-refractivity contribution in [2.24, 2.45) is 5.92 Å². The molecule has 0 fully saturated rings. The lowest BCUT2D eigenvalue weighted by Crippen LogP contribution is -2.12. The van der Waals surface area contributed by atoms with E-state index in [2.05, 4.69) is 18.8 Å². The Morgan fingerprint density at radius 2 is 2.11 bits per heavy atom. The maximum absolute atomic E-state index is 9.14. The predicted octanol–water partition coefficient (Wildman–Crippen LogP) is 3.48. The third kappa shape index (κ3) is 5.05. The van der Waals surface area contributed by atoms with Gasteiger partial charge in [-0.2, -0.15) is 0 Å². The van der Waals surface area contributed by atoms with Gasteiger partial charge in [0.25, 0.3) is 0 Å². The highest BCUT2D eigenvalue weighted by molar-refractivity contribution is 5.23. The molecule has 0 spiro atoms. The van der Waals surface area contributed by atoms with Crippen LogP contribution in [-0.2, 0) is 6.61 Å². The summed E-state index contributed by atoms with van der Waals surface area (Å²) in [4.78, 5) is 4.33. The van der Waals surface area contributed by atoms with E-state index < -0.39 is 0 Å². The first-order valence-electron chi connectivity index (χ1n) is 6.90. The molecular weight excluding hydrogens is 226 g/mol. The Kier molecular flexibility index (Phi) is 6.73. The summed E-state index contributed by atoms with van der Waals surface area (Å²) >= 11 is 0. The number of aromatic nitrogens is 1. The molecule has 0 radical (unpaired) electrons. The summed E-state index contributed by atoms with van der Waals surface area (Å²) in [6.07, 6.45) is 4.84. The van der Waals surface area contributed by atoms with Gasteiger partial charge < -0.3 is 9.84 Å². The van der Waals surface area contributed by atoms with Crippen molar-refractivity contribution in [3.8, 4) is 5.88 Å². The van der Waals surface area contributed by atoms with Crippen LogP contribution in [0.25, 0.3) is 0 Å². The molecule has 3 nitrogen and oxygen atoms in total. The van der Waals surface area contributed by atoms with Gasteiger partial charge in [0.05, 0.1) is 13.2 Å². The van der Waals surface area contributed by atoms with E-state index in [1.807, 2.05) is 19.1 Å². The fourth-order valence-corrected chi connectivity index (χ4v) is 1.97. The minimum atomic E-state index is 0.0345. The number of hydrogen-bond acceptors (Lipinski definition) is 3. The lowest BCUT2D eigenvalue weighted by atomic mass is 10.0. The first kappa shape index (κ1) is 15.0. The van der Waals surface area contributed by atoms with Crippen LogP contribution in [0.4, 0.5) is 0 Å². The quantitative estimate of drug-likeness (QED) is 0.769. The standard InChI is InChI=1S/C15H25NO2/c1-4-6-7-13(5-2)11-18-15-9-14(10-17)8-12(3)16-15/h8-9,13,17H,4-7,10-11H2,1-3H3. The Hall–Kier alpha value is -1.09. The highest BCUT2D eigenvalue weighted by Gasteiger charge is 2.08. The minimum Gasteiger partial charge on any atom is -0.477 e. The second-order valence-corrected chi connectivity index (χ2v) is 4.84. The molecule has 1 aromatic rings. The molecule has 0 aromatic carbocycles. The number of rotatable bonds is 8. The van der Waals surface area contributed by atoms with Gasteiger partial charge in [-0.25, -0.2) is 4.98 Å². The van der Waals surface area contributed by atoms with Crippen LogP contribution in [0.2, 0.25) is 0 Å². The summed E-state index contributed by atoms with van der Waals surface area (Å²) in [6.45, 7) is 7.08. The molecule has 102 valence electrons. The molecule has 0 amide bonds. The van der Waals surface area contributed by atoms with Gasteiger partial charge in [0.15, 0.2) is 0 Å². The van der Waals surface area contributed by atoms with E-state index in [0.717, 1.165) is 24.3 Å². The topological polar surface area (TPSA) is 42.4 Å². The lowest BCUT2D eigenvalue weighted by Gasteiger charge is -2.15. The highest BCUT2D eigenvalue weighted by atomic mass is 16.5. The maximum Gasteiger partial charge on any atom is 0.213 e. The van der Waals surface area contributed by atoms with Gasteiger partial charge >= 0.3 is 0 Å². The van der Waals surface area contributed by atoms with Crippen LogP contribution in [0.5, 0.6) is 5.88 Å². The Morgan fingerprint density at radius 3 is 2.72 bits per heavy atom. The Bertz CT molecular complexity index is 352. The zero-order valence-electron chi connectivity index (χ0n) is 11.8. The molecule has 0 saturated heterocycles. The molecule has 0 aliphatic heterocycles. The first-order chi connectivity index (χ1) is 8.69. The molecule has 1 heterocycles. The van der Waals surface area contributed by atoms with Gasteiger partial charge in [0.1, 0.15) is 0 Å². The molecule has 0 bridgehead atoms. The summed E-state index contributed by atoms with van der Waals surface area (Å²) < 4.78 is 5.76. The van der Waals surface area contributed by atoms with Crippen molar-refractivity contribution in [2.45, 2.75) is 53.1 Å². The largest absolute Gasteiger partial charge is 0.477 e. The zero-order valence-corrected chi connectivity index (χ0v) is 11.8. The number of ether oxygens (including phenoxy) is 1. The van der Waals surface area contributed by atoms with Crippen LogP contribution in [0.15, 0.2) is 12.1 Å². The molecular formula is C15H25NO2. The minimum absolute atomic E-state index is 0.0345. The van der Waals surface area contributed by atoms with E-state index in [9.17, 15) is 0 Å². The van der Waals surface area contributed by atoms with Gasteiger partial charge in [-0.05, 0) is 30.9 Å². The molecule has 1 N–H and O–H groups in total. The average Bonchev–Trinajstić information content (AvgIpc) is 2.38. The van der Waals surface area contributed by atoms with Crippen LogP contribution >= 0.6 is 0 Å². The molecule has 0 aliphatic rings. The second-order valence-electron chi connectivity index (χ2n) is 4.84. The fraction of sp³-hybridized carbons (Fsp3) is 0.667. The summed E-state index contributed by atoms with van der Waals surface area (Å²) in [6, 6.07) is 3.70. The molecule has 3 heteroatoms. The summed E-state index contributed by atoms with van der Waals surface area (Å²) in [5.41, 5.74) is 1.75. The molecule has 1 aromatic heterocycles. The SMILES string of the molecule is CCCCC(CC)COc1cc(CO)cc(C)n1. The number of unbranched alkanes of at least 4 members (excludes halogenated alkanes) is 1. The number of hydrogen-bond donors (Lipinski definition) is 1. The third-order valence-electron chi connectivity index (χ3n) is 3.18. The number of aliphatic hydroxyl groups excluding tert-OH is 1. The van der Waals surface area contributed by atoms with E-state index in [1.54, 1.807) is 0 Å². The second kappa shape index (κ2) is 8.09. The Balaban J connectivity index is 2.53. The smallest absolute Gasteiger partial charge is 0.213 e. The van der Waals surface area contributed by atoms with E-state index in [1.165, 1.54) is 19.3 Å². The van der Waals surface area contributed by atoms with E-state index in [0.29, 0.717) is 11.8 Å². The number of pyridine rings is 1. The van der Waals surface area contributed by atoms with Crippen molar-refractivity contribution in [3.05, 3.63) is 23.4 Å². The van der Waals surface area contributed by atoms with Crippen LogP contribution in [0.1, 0.15) is 50.8 Å². The summed E-state index contributed by atoms with van der Waals surface area (Å²) in [7, 11) is 0. The van der Waals surface area contributed by atoms with Gasteiger partial charge in [0, 0.05) is 11.8 Å². The van der Waals surface area contributed by atoms with E-state index in [-0.39, 0.29) is 6.61 Å². The number of aryl methyl sites for hydroxylation is 1. The van der Waals surface area contributed by atoms with E-state index in [4.69, 9.17) is 9.84 Å². The fourth-order valence-electron chi connectivity index (χ4n) is 1.97. The first-order valence-corrected chi connectivity index (χ1v) is 6.90. The highest BCUT2D eigenvalue weighted by Crippen LogP contribution is 2.17. The molecule has 0 aliphatic carbocycles. The predicted molar refractivity (Wildman–Crippen MR) is 73.7 cm³/mol. The monoisotopic (exact) mass is 251 g/mol. The normalized spacial score (nSPS) is 12.4. The zero-order chi connectivity index (χ0) is 13.4. The van der Waals surface area contributed by atoms with Crippen molar-refractivity contribution in [3.63, 3.8) is 0 Å². The van der Waals surface area contributed by atoms with Crippen molar-refractivity contribution in [1.82, 2.24) is 4.98 Å². The molecule has 1 rings (SSSR count). The molecule has 1 atom stereocenters. The van der Waals surface area contributed by atoms with Crippen molar-refractivity contribution in [1.29, 1.82) is 0 Å². The van der Waals surface area contributed by atoms with E-state index >= 15 is 0 Å². The van der Waals surface area contributed by atoms with Crippen LogP contribution in [-0.4, -0.2) is 16.7 Å². The van der Waals surface area contributed by atoms with Crippen LogP contribution in [0, 0.1) is 12.8 Å². The molecule has 0 saturated carbocycles. The number of aliphatic hydroxyl groups is 1. The lowest BCUT2D eigenvalue weighted by molar-refractivity contribution is 0.224. The third-order valence-corrected chi connectivity index (χ3v) is 3.18. The maximum atomic E-state index is 9.14. The summed E-state index contributed by atoms with van der Waals surface area (Å²) in [5.74, 6) is 1.24. The molecule has 1 unspecified atom stereocenters.